The highest BCUT2D eigenvalue weighted by Gasteiger charge is 2.08. The largest absolute Gasteiger partial charge is 0.494 e. The molecule has 0 spiro atoms. The van der Waals surface area contributed by atoms with Crippen LogP contribution in [-0.4, -0.2) is 42.4 Å². The van der Waals surface area contributed by atoms with Crippen LogP contribution in [0, 0.1) is 11.3 Å². The monoisotopic (exact) mass is 276 g/mol. The van der Waals surface area contributed by atoms with Crippen molar-refractivity contribution in [3.63, 3.8) is 0 Å². The first-order chi connectivity index (χ1) is 9.67. The summed E-state index contributed by atoms with van der Waals surface area (Å²) in [4.78, 5) is 2.34. The molecular weight excluding hydrogens is 252 g/mol. The van der Waals surface area contributed by atoms with Gasteiger partial charge in [0.25, 0.3) is 0 Å². The van der Waals surface area contributed by atoms with Crippen molar-refractivity contribution in [3.05, 3.63) is 29.8 Å². The second-order valence-corrected chi connectivity index (χ2v) is 5.05. The number of hydrogen-bond acceptors (Lipinski definition) is 4. The van der Waals surface area contributed by atoms with Crippen LogP contribution in [-0.2, 0) is 0 Å². The molecule has 0 aliphatic carbocycles. The Bertz CT molecular complexity index is 427. The summed E-state index contributed by atoms with van der Waals surface area (Å²) in [6, 6.07) is 9.80. The second-order valence-electron chi connectivity index (χ2n) is 5.05. The molecule has 0 fully saturated rings. The van der Waals surface area contributed by atoms with Crippen LogP contribution in [0.3, 0.4) is 0 Å². The normalized spacial score (nSPS) is 10.8. The van der Waals surface area contributed by atoms with Gasteiger partial charge in [-0.15, -0.1) is 0 Å². The summed E-state index contributed by atoms with van der Waals surface area (Å²) in [5, 5.41) is 17.7. The van der Waals surface area contributed by atoms with Crippen LogP contribution < -0.4 is 4.74 Å². The van der Waals surface area contributed by atoms with Crippen LogP contribution in [0.2, 0.25) is 0 Å². The molecule has 110 valence electrons. The molecule has 0 saturated heterocycles. The number of benzene rings is 1. The first kappa shape index (κ1) is 16.5. The number of ether oxygens (including phenoxy) is 1. The molecule has 0 radical (unpaired) electrons. The average molecular weight is 276 g/mol. The van der Waals surface area contributed by atoms with Crippen LogP contribution in [0.25, 0.3) is 0 Å². The number of nitriles is 1. The van der Waals surface area contributed by atoms with E-state index in [1.165, 1.54) is 0 Å². The van der Waals surface area contributed by atoms with Gasteiger partial charge in [0.2, 0.25) is 0 Å². The molecule has 0 unspecified atom stereocenters. The maximum Gasteiger partial charge on any atom is 0.120 e. The van der Waals surface area contributed by atoms with Crippen molar-refractivity contribution in [2.45, 2.75) is 32.7 Å². The Labute approximate surface area is 121 Å². The first-order valence-corrected chi connectivity index (χ1v) is 7.15. The number of aliphatic hydroxyl groups is 1. The molecule has 0 heterocycles. The molecule has 0 amide bonds. The number of nitrogens with zero attached hydrogens (tertiary/aromatic N) is 2. The van der Waals surface area contributed by atoms with Crippen molar-refractivity contribution in [2.24, 2.45) is 0 Å². The van der Waals surface area contributed by atoms with Gasteiger partial charge in [0.05, 0.1) is 18.2 Å². The lowest BCUT2D eigenvalue weighted by molar-refractivity contribution is 0.177. The summed E-state index contributed by atoms with van der Waals surface area (Å²) in [5.41, 5.74) is 0.620. The molecule has 0 saturated carbocycles. The Hall–Kier alpha value is -1.57. The van der Waals surface area contributed by atoms with Crippen molar-refractivity contribution in [1.29, 1.82) is 5.26 Å². The zero-order valence-corrected chi connectivity index (χ0v) is 12.4. The molecule has 4 nitrogen and oxygen atoms in total. The Balaban J connectivity index is 2.30. The van der Waals surface area contributed by atoms with Gasteiger partial charge in [-0.3, -0.25) is 0 Å². The summed E-state index contributed by atoms with van der Waals surface area (Å²) >= 11 is 0. The number of rotatable bonds is 9. The third-order valence-electron chi connectivity index (χ3n) is 3.16. The standard InChI is InChI=1S/C16H24N2O2/c1-14(2)18(8-4-10-19)9-5-11-20-16-7-3-6-15(12-16)13-17/h3,6-7,12,14,19H,4-5,8-11H2,1-2H3. The van der Waals surface area contributed by atoms with E-state index < -0.39 is 0 Å². The second kappa shape index (κ2) is 9.35. The fourth-order valence-electron chi connectivity index (χ4n) is 2.02. The smallest absolute Gasteiger partial charge is 0.120 e. The zero-order valence-electron chi connectivity index (χ0n) is 12.4. The lowest BCUT2D eigenvalue weighted by Gasteiger charge is -2.26. The Kier molecular flexibility index (Phi) is 7.71. The van der Waals surface area contributed by atoms with Gasteiger partial charge >= 0.3 is 0 Å². The predicted molar refractivity (Wildman–Crippen MR) is 79.7 cm³/mol. The fraction of sp³-hybridized carbons (Fsp3) is 0.562. The summed E-state index contributed by atoms with van der Waals surface area (Å²) in [5.74, 6) is 0.746. The predicted octanol–water partition coefficient (Wildman–Crippen LogP) is 2.42. The van der Waals surface area contributed by atoms with Gasteiger partial charge in [0.1, 0.15) is 5.75 Å². The van der Waals surface area contributed by atoms with E-state index >= 15 is 0 Å². The molecule has 0 aromatic heterocycles. The van der Waals surface area contributed by atoms with Gasteiger partial charge in [-0.2, -0.15) is 5.26 Å². The van der Waals surface area contributed by atoms with E-state index in [2.05, 4.69) is 24.8 Å². The maximum absolute atomic E-state index is 8.89. The molecule has 0 aliphatic rings. The third kappa shape index (κ3) is 6.05. The van der Waals surface area contributed by atoms with Gasteiger partial charge in [-0.25, -0.2) is 0 Å². The Morgan fingerprint density at radius 1 is 1.30 bits per heavy atom. The third-order valence-corrected chi connectivity index (χ3v) is 3.16. The van der Waals surface area contributed by atoms with Gasteiger partial charge in [0, 0.05) is 25.7 Å². The zero-order chi connectivity index (χ0) is 14.8. The summed E-state index contributed by atoms with van der Waals surface area (Å²) in [6.45, 7) is 7.06. The minimum atomic E-state index is 0.237. The molecule has 0 bridgehead atoms. The molecular formula is C16H24N2O2. The number of hydrogen-bond donors (Lipinski definition) is 1. The van der Waals surface area contributed by atoms with Gasteiger partial charge in [0.15, 0.2) is 0 Å². The van der Waals surface area contributed by atoms with E-state index in [9.17, 15) is 0 Å². The van der Waals surface area contributed by atoms with Crippen LogP contribution in [0.1, 0.15) is 32.3 Å². The SMILES string of the molecule is CC(C)N(CCCO)CCCOc1cccc(C#N)c1. The van der Waals surface area contributed by atoms with Crippen molar-refractivity contribution >= 4 is 0 Å². The number of aliphatic hydroxyl groups excluding tert-OH is 1. The minimum Gasteiger partial charge on any atom is -0.494 e. The summed E-state index contributed by atoms with van der Waals surface area (Å²) < 4.78 is 5.66. The molecule has 1 rings (SSSR count). The highest BCUT2D eigenvalue weighted by atomic mass is 16.5. The fourth-order valence-corrected chi connectivity index (χ4v) is 2.02. The minimum absolute atomic E-state index is 0.237. The van der Waals surface area contributed by atoms with Crippen molar-refractivity contribution in [1.82, 2.24) is 4.90 Å². The van der Waals surface area contributed by atoms with Gasteiger partial charge in [-0.1, -0.05) is 6.07 Å². The van der Waals surface area contributed by atoms with E-state index in [-0.39, 0.29) is 6.61 Å². The lowest BCUT2D eigenvalue weighted by Crippen LogP contribution is -2.33. The topological polar surface area (TPSA) is 56.5 Å². The highest BCUT2D eigenvalue weighted by molar-refractivity contribution is 5.36. The van der Waals surface area contributed by atoms with Crippen LogP contribution in [0.4, 0.5) is 0 Å². The molecule has 4 heteroatoms. The van der Waals surface area contributed by atoms with E-state index in [0.717, 1.165) is 31.7 Å². The van der Waals surface area contributed by atoms with Crippen LogP contribution in [0.15, 0.2) is 24.3 Å². The maximum atomic E-state index is 8.89. The molecule has 0 aliphatic heterocycles. The highest BCUT2D eigenvalue weighted by Crippen LogP contribution is 2.13. The lowest BCUT2D eigenvalue weighted by atomic mass is 10.2. The average Bonchev–Trinajstić information content (AvgIpc) is 2.46. The van der Waals surface area contributed by atoms with Crippen LogP contribution >= 0.6 is 0 Å². The first-order valence-electron chi connectivity index (χ1n) is 7.15. The molecule has 1 aromatic rings. The van der Waals surface area contributed by atoms with E-state index in [4.69, 9.17) is 15.1 Å². The van der Waals surface area contributed by atoms with Gasteiger partial charge in [-0.05, 0) is 44.9 Å². The summed E-state index contributed by atoms with van der Waals surface area (Å²) in [7, 11) is 0. The van der Waals surface area contributed by atoms with Gasteiger partial charge < -0.3 is 14.7 Å². The quantitative estimate of drug-likeness (QED) is 0.704. The molecule has 0 atom stereocenters. The molecule has 1 N–H and O–H groups in total. The van der Waals surface area contributed by atoms with Crippen molar-refractivity contribution in [3.8, 4) is 11.8 Å². The van der Waals surface area contributed by atoms with E-state index in [1.807, 2.05) is 12.1 Å². The van der Waals surface area contributed by atoms with Crippen LogP contribution in [0.5, 0.6) is 5.75 Å². The van der Waals surface area contributed by atoms with E-state index in [1.54, 1.807) is 12.1 Å². The van der Waals surface area contributed by atoms with Crippen molar-refractivity contribution in [2.75, 3.05) is 26.3 Å². The Morgan fingerprint density at radius 3 is 2.70 bits per heavy atom. The Morgan fingerprint density at radius 2 is 2.05 bits per heavy atom. The molecule has 1 aromatic carbocycles. The summed E-state index contributed by atoms with van der Waals surface area (Å²) in [6.07, 6.45) is 1.74. The van der Waals surface area contributed by atoms with Crippen molar-refractivity contribution < 1.29 is 9.84 Å². The van der Waals surface area contributed by atoms with E-state index in [0.29, 0.717) is 18.2 Å². The molecule has 20 heavy (non-hydrogen) atoms.